The Kier molecular flexibility index (Phi) is 8.03. The second kappa shape index (κ2) is 11.4. The Balaban J connectivity index is 1.73. The van der Waals surface area contributed by atoms with Crippen LogP contribution in [0.1, 0.15) is 43.7 Å². The van der Waals surface area contributed by atoms with Gasteiger partial charge in [0.05, 0.1) is 0 Å². The quantitative estimate of drug-likeness (QED) is 0.573. The number of benzene rings is 2. The molecule has 4 rings (SSSR count). The van der Waals surface area contributed by atoms with Crippen LogP contribution in [0.4, 0.5) is 5.69 Å². The molecule has 0 atom stereocenters. The average Bonchev–Trinajstić information content (AvgIpc) is 2.88. The summed E-state index contributed by atoms with van der Waals surface area (Å²) in [7, 11) is 0. The van der Waals surface area contributed by atoms with Gasteiger partial charge in [-0.05, 0) is 84.3 Å². The van der Waals surface area contributed by atoms with Gasteiger partial charge in [0, 0.05) is 38.5 Å². The van der Waals surface area contributed by atoms with E-state index >= 15 is 0 Å². The minimum Gasteiger partial charge on any atom is -0.508 e. The van der Waals surface area contributed by atoms with Crippen molar-refractivity contribution in [1.82, 2.24) is 4.90 Å². The highest BCUT2D eigenvalue weighted by molar-refractivity contribution is 5.86. The van der Waals surface area contributed by atoms with Crippen molar-refractivity contribution < 1.29 is 10.2 Å². The Labute approximate surface area is 198 Å². The van der Waals surface area contributed by atoms with E-state index in [1.54, 1.807) is 12.1 Å². The molecule has 174 valence electrons. The number of anilines is 1. The number of piperazine rings is 1. The van der Waals surface area contributed by atoms with E-state index in [-0.39, 0.29) is 12.4 Å². The number of likely N-dealkylation sites (N-methyl/N-ethyl adjacent to an activating group) is 1. The van der Waals surface area contributed by atoms with Crippen molar-refractivity contribution in [2.45, 2.75) is 32.6 Å². The van der Waals surface area contributed by atoms with Crippen LogP contribution in [0, 0.1) is 0 Å². The Morgan fingerprint density at radius 2 is 1.55 bits per heavy atom. The molecule has 0 amide bonds. The summed E-state index contributed by atoms with van der Waals surface area (Å²) in [4.78, 5) is 4.97. The van der Waals surface area contributed by atoms with Crippen LogP contribution in [-0.2, 0) is 0 Å². The Bertz CT molecular complexity index is 995. The molecule has 1 fully saturated rings. The summed E-state index contributed by atoms with van der Waals surface area (Å²) in [6.07, 6.45) is 10.4. The lowest BCUT2D eigenvalue weighted by Gasteiger charge is -2.35. The standard InChI is InChI=1S/C29H36N2O2/c1-2-30-18-20-31(21-19-30)26-14-10-24(11-15-26)29(25-12-16-27(33)17-13-25)28(9-6-22-32)23-7-4-3-5-8-23/h4,7-8,10-17,32-33H,2-3,5-6,9,18-22H2,1H3/b29-28+. The van der Waals surface area contributed by atoms with Crippen LogP contribution < -0.4 is 4.90 Å². The maximum absolute atomic E-state index is 9.87. The fraction of sp³-hybridized carbons (Fsp3) is 0.379. The van der Waals surface area contributed by atoms with E-state index < -0.39 is 0 Å². The molecule has 0 aromatic heterocycles. The van der Waals surface area contributed by atoms with E-state index in [4.69, 9.17) is 0 Å². The van der Waals surface area contributed by atoms with E-state index in [2.05, 4.69) is 59.2 Å². The lowest BCUT2D eigenvalue weighted by molar-refractivity contribution is 0.271. The molecule has 0 spiro atoms. The van der Waals surface area contributed by atoms with Crippen LogP contribution in [0.15, 0.2) is 77.9 Å². The summed E-state index contributed by atoms with van der Waals surface area (Å²) >= 11 is 0. The molecule has 4 nitrogen and oxygen atoms in total. The Morgan fingerprint density at radius 1 is 0.879 bits per heavy atom. The minimum absolute atomic E-state index is 0.173. The van der Waals surface area contributed by atoms with Crippen molar-refractivity contribution in [1.29, 1.82) is 0 Å². The number of phenolic OH excluding ortho intramolecular Hbond substituents is 1. The van der Waals surface area contributed by atoms with E-state index in [1.165, 1.54) is 28.0 Å². The van der Waals surface area contributed by atoms with Gasteiger partial charge >= 0.3 is 0 Å². The molecule has 2 N–H and O–H groups in total. The first kappa shape index (κ1) is 23.3. The number of nitrogens with zero attached hydrogens (tertiary/aromatic N) is 2. The number of phenols is 1. The molecule has 1 aliphatic carbocycles. The van der Waals surface area contributed by atoms with E-state index in [0.717, 1.165) is 64.0 Å². The fourth-order valence-corrected chi connectivity index (χ4v) is 4.81. The summed E-state index contributed by atoms with van der Waals surface area (Å²) in [6, 6.07) is 16.4. The number of aliphatic hydroxyl groups excluding tert-OH is 1. The molecule has 1 heterocycles. The van der Waals surface area contributed by atoms with Crippen molar-refractivity contribution in [2.75, 3.05) is 44.2 Å². The lowest BCUT2D eigenvalue weighted by atomic mass is 9.85. The number of hydrogen-bond acceptors (Lipinski definition) is 4. The van der Waals surface area contributed by atoms with E-state index in [0.29, 0.717) is 0 Å². The highest BCUT2D eigenvalue weighted by atomic mass is 16.3. The normalized spacial score (nSPS) is 17.6. The van der Waals surface area contributed by atoms with Gasteiger partial charge in [-0.1, -0.05) is 49.4 Å². The number of hydrogen-bond donors (Lipinski definition) is 2. The molecule has 1 saturated heterocycles. The van der Waals surface area contributed by atoms with Crippen molar-refractivity contribution in [3.05, 3.63) is 89.0 Å². The fourth-order valence-electron chi connectivity index (χ4n) is 4.81. The summed E-state index contributed by atoms with van der Waals surface area (Å²) < 4.78 is 0. The van der Waals surface area contributed by atoms with Gasteiger partial charge in [0.2, 0.25) is 0 Å². The minimum atomic E-state index is 0.173. The average molecular weight is 445 g/mol. The second-order valence-corrected chi connectivity index (χ2v) is 8.83. The third kappa shape index (κ3) is 5.76. The maximum Gasteiger partial charge on any atom is 0.115 e. The predicted octanol–water partition coefficient (Wildman–Crippen LogP) is 5.38. The first-order valence-electron chi connectivity index (χ1n) is 12.3. The van der Waals surface area contributed by atoms with Crippen molar-refractivity contribution >= 4 is 11.3 Å². The highest BCUT2D eigenvalue weighted by Crippen LogP contribution is 2.36. The van der Waals surface area contributed by atoms with Gasteiger partial charge in [-0.3, -0.25) is 0 Å². The predicted molar refractivity (Wildman–Crippen MR) is 138 cm³/mol. The monoisotopic (exact) mass is 444 g/mol. The van der Waals surface area contributed by atoms with E-state index in [9.17, 15) is 10.2 Å². The Morgan fingerprint density at radius 3 is 2.12 bits per heavy atom. The van der Waals surface area contributed by atoms with Gasteiger partial charge in [0.1, 0.15) is 5.75 Å². The molecule has 33 heavy (non-hydrogen) atoms. The van der Waals surface area contributed by atoms with Crippen LogP contribution in [0.2, 0.25) is 0 Å². The van der Waals surface area contributed by atoms with Crippen LogP contribution in [0.5, 0.6) is 5.75 Å². The molecule has 0 radical (unpaired) electrons. The lowest BCUT2D eigenvalue weighted by Crippen LogP contribution is -2.46. The zero-order chi connectivity index (χ0) is 23.0. The number of aliphatic hydroxyl groups is 1. The number of allylic oxidation sites excluding steroid dienone is 5. The molecule has 2 aromatic carbocycles. The largest absolute Gasteiger partial charge is 0.508 e. The number of aromatic hydroxyl groups is 1. The first-order chi connectivity index (χ1) is 16.2. The van der Waals surface area contributed by atoms with Gasteiger partial charge in [0.15, 0.2) is 0 Å². The van der Waals surface area contributed by atoms with Gasteiger partial charge in [-0.15, -0.1) is 0 Å². The van der Waals surface area contributed by atoms with Crippen molar-refractivity contribution in [2.24, 2.45) is 0 Å². The molecule has 2 aromatic rings. The molecule has 1 aliphatic heterocycles. The van der Waals surface area contributed by atoms with Crippen molar-refractivity contribution in [3.8, 4) is 5.75 Å². The Hall–Kier alpha value is -2.82. The van der Waals surface area contributed by atoms with Gasteiger partial charge < -0.3 is 20.0 Å². The number of rotatable bonds is 8. The summed E-state index contributed by atoms with van der Waals surface area (Å²) in [5.74, 6) is 0.272. The molecule has 0 bridgehead atoms. The molecule has 2 aliphatic rings. The molecular weight excluding hydrogens is 408 g/mol. The second-order valence-electron chi connectivity index (χ2n) is 8.83. The van der Waals surface area contributed by atoms with Crippen LogP contribution >= 0.6 is 0 Å². The topological polar surface area (TPSA) is 46.9 Å². The molecule has 4 heteroatoms. The molecular formula is C29H36N2O2. The van der Waals surface area contributed by atoms with Crippen LogP contribution in [0.25, 0.3) is 5.57 Å². The van der Waals surface area contributed by atoms with Gasteiger partial charge in [-0.2, -0.15) is 0 Å². The van der Waals surface area contributed by atoms with Crippen LogP contribution in [-0.4, -0.2) is 54.4 Å². The highest BCUT2D eigenvalue weighted by Gasteiger charge is 2.18. The SMILES string of the molecule is CCN1CCN(c2ccc(/C(=C(/CCCO)C3=CCCC=C3)c3ccc(O)cc3)cc2)CC1. The van der Waals surface area contributed by atoms with Gasteiger partial charge in [-0.25, -0.2) is 0 Å². The molecule has 0 unspecified atom stereocenters. The zero-order valence-electron chi connectivity index (χ0n) is 19.7. The third-order valence-corrected chi connectivity index (χ3v) is 6.73. The van der Waals surface area contributed by atoms with Gasteiger partial charge in [0.25, 0.3) is 0 Å². The first-order valence-corrected chi connectivity index (χ1v) is 12.3. The maximum atomic E-state index is 9.87. The van der Waals surface area contributed by atoms with E-state index in [1.807, 2.05) is 12.1 Å². The summed E-state index contributed by atoms with van der Waals surface area (Å²) in [5, 5.41) is 19.5. The summed E-state index contributed by atoms with van der Waals surface area (Å²) in [5.41, 5.74) is 7.22. The zero-order valence-corrected chi connectivity index (χ0v) is 19.7. The van der Waals surface area contributed by atoms with Crippen LogP contribution in [0.3, 0.4) is 0 Å². The smallest absolute Gasteiger partial charge is 0.115 e. The third-order valence-electron chi connectivity index (χ3n) is 6.73. The summed E-state index contributed by atoms with van der Waals surface area (Å²) in [6.45, 7) is 7.87. The van der Waals surface area contributed by atoms with Crippen molar-refractivity contribution in [3.63, 3.8) is 0 Å². The molecule has 0 saturated carbocycles.